The van der Waals surface area contributed by atoms with Crippen molar-refractivity contribution in [1.29, 1.82) is 0 Å². The lowest BCUT2D eigenvalue weighted by Crippen LogP contribution is -3.00. The zero-order chi connectivity index (χ0) is 28.2. The van der Waals surface area contributed by atoms with Gasteiger partial charge in [-0.25, -0.2) is 0 Å². The van der Waals surface area contributed by atoms with Crippen LogP contribution in [0, 0.1) is 6.92 Å². The number of halogens is 1. The lowest BCUT2D eigenvalue weighted by Gasteiger charge is -2.38. The molecule has 1 saturated heterocycles. The molecule has 40 heavy (non-hydrogen) atoms. The van der Waals surface area contributed by atoms with Crippen molar-refractivity contribution in [1.82, 2.24) is 14.7 Å². The summed E-state index contributed by atoms with van der Waals surface area (Å²) in [6.07, 6.45) is 23.3. The summed E-state index contributed by atoms with van der Waals surface area (Å²) in [5.41, 5.74) is 2.52. The van der Waals surface area contributed by atoms with E-state index in [1.807, 2.05) is 4.90 Å². The van der Waals surface area contributed by atoms with E-state index in [0.717, 1.165) is 38.8 Å². The van der Waals surface area contributed by atoms with Crippen molar-refractivity contribution < 1.29 is 22.0 Å². The molecule has 1 fully saturated rings. The van der Waals surface area contributed by atoms with Crippen LogP contribution >= 0.6 is 0 Å². The summed E-state index contributed by atoms with van der Waals surface area (Å²) in [5.74, 6) is 0.453. The van der Waals surface area contributed by atoms with Crippen LogP contribution in [0.1, 0.15) is 134 Å². The molecule has 1 aromatic carbocycles. The van der Waals surface area contributed by atoms with Crippen molar-refractivity contribution in [3.05, 3.63) is 29.8 Å². The number of para-hydroxylation sites is 1. The van der Waals surface area contributed by atoms with Crippen LogP contribution in [0.4, 0.5) is 5.69 Å². The lowest BCUT2D eigenvalue weighted by atomic mass is 10.0. The Balaban J connectivity index is 0.00000800. The van der Waals surface area contributed by atoms with Crippen molar-refractivity contribution in [2.75, 3.05) is 33.4 Å². The first-order valence-corrected chi connectivity index (χ1v) is 16.4. The summed E-state index contributed by atoms with van der Waals surface area (Å²) in [7, 11) is 2.23. The summed E-state index contributed by atoms with van der Waals surface area (Å²) in [4.78, 5) is 26.7. The number of hydrogen-bond donors (Lipinski definition) is 1. The molecule has 1 aromatic rings. The number of unbranched alkanes of at least 4 members (excludes halogenated alkanes) is 14. The van der Waals surface area contributed by atoms with E-state index < -0.39 is 0 Å². The maximum Gasteiger partial charge on any atom is 0.226 e. The highest BCUT2D eigenvalue weighted by Gasteiger charge is 2.33. The number of carbonyl (C=O) groups excluding carboxylic acids is 2. The first-order chi connectivity index (χ1) is 19.0. The van der Waals surface area contributed by atoms with Gasteiger partial charge in [-0.1, -0.05) is 115 Å². The van der Waals surface area contributed by atoms with Gasteiger partial charge in [-0.05, 0) is 25.8 Å². The third kappa shape index (κ3) is 14.9. The van der Waals surface area contributed by atoms with Gasteiger partial charge in [0.1, 0.15) is 5.69 Å². The van der Waals surface area contributed by atoms with E-state index in [4.69, 9.17) is 0 Å². The number of nitrogens with one attached hydrogen (secondary N) is 1. The van der Waals surface area contributed by atoms with E-state index in [9.17, 15) is 9.59 Å². The van der Waals surface area contributed by atoms with Gasteiger partial charge in [-0.15, -0.1) is 0 Å². The molecule has 1 heterocycles. The Morgan fingerprint density at radius 2 is 1.40 bits per heavy atom. The summed E-state index contributed by atoms with van der Waals surface area (Å²) >= 11 is 0. The molecular weight excluding hydrogens is 518 g/mol. The molecule has 0 saturated carbocycles. The van der Waals surface area contributed by atoms with E-state index in [2.05, 4.69) is 50.5 Å². The van der Waals surface area contributed by atoms with Crippen molar-refractivity contribution in [3.63, 3.8) is 0 Å². The minimum atomic E-state index is 0. The molecule has 1 atom stereocenters. The van der Waals surface area contributed by atoms with Crippen LogP contribution in [0.2, 0.25) is 0 Å². The van der Waals surface area contributed by atoms with Crippen molar-refractivity contribution in [2.24, 2.45) is 0 Å². The first kappa shape index (κ1) is 36.4. The third-order valence-electron chi connectivity index (χ3n) is 8.51. The maximum absolute atomic E-state index is 12.4. The normalized spacial score (nSPS) is 14.7. The average molecular weight is 578 g/mol. The smallest absolute Gasteiger partial charge is 0.226 e. The number of carbonyl (C=O) groups is 2. The van der Waals surface area contributed by atoms with Crippen LogP contribution in [-0.4, -0.2) is 50.1 Å². The molecule has 1 aliphatic heterocycles. The van der Waals surface area contributed by atoms with E-state index in [-0.39, 0.29) is 24.2 Å². The number of aryl methyl sites for hydroxylation is 1. The molecule has 0 aromatic heterocycles. The molecule has 0 bridgehead atoms. The second-order valence-electron chi connectivity index (χ2n) is 12.2. The van der Waals surface area contributed by atoms with Gasteiger partial charge in [0.2, 0.25) is 11.8 Å². The van der Waals surface area contributed by atoms with E-state index in [0.29, 0.717) is 30.5 Å². The molecule has 1 aliphatic rings. The summed E-state index contributed by atoms with van der Waals surface area (Å²) in [6, 6.07) is 8.49. The number of amides is 2. The van der Waals surface area contributed by atoms with Gasteiger partial charge in [0.25, 0.3) is 0 Å². The monoisotopic (exact) mass is 577 g/mol. The van der Waals surface area contributed by atoms with Gasteiger partial charge in [0, 0.05) is 37.9 Å². The van der Waals surface area contributed by atoms with Crippen LogP contribution in [0.15, 0.2) is 24.3 Å². The number of hydrogen-bond acceptors (Lipinski definition) is 2. The zero-order valence-electron chi connectivity index (χ0n) is 26.2. The Kier molecular flexibility index (Phi) is 20.1. The molecule has 2 rings (SSSR count). The molecule has 1 unspecified atom stereocenters. The van der Waals surface area contributed by atoms with E-state index in [1.165, 1.54) is 94.7 Å². The number of likely N-dealkylation sites (tertiary alicyclic amines) is 1. The van der Waals surface area contributed by atoms with Crippen LogP contribution in [-0.2, 0) is 9.59 Å². The Morgan fingerprint density at radius 1 is 0.850 bits per heavy atom. The predicted molar refractivity (Wildman–Crippen MR) is 167 cm³/mol. The first-order valence-electron chi connectivity index (χ1n) is 16.4. The fraction of sp³-hybridized carbons (Fsp3) is 0.765. The quantitative estimate of drug-likeness (QED) is 0.142. The fourth-order valence-electron chi connectivity index (χ4n) is 6.07. The van der Waals surface area contributed by atoms with E-state index in [1.54, 1.807) is 0 Å². The topological polar surface area (TPSA) is 49.4 Å². The molecule has 2 amide bonds. The second kappa shape index (κ2) is 22.1. The summed E-state index contributed by atoms with van der Waals surface area (Å²) in [6.45, 7) is 7.59. The van der Waals surface area contributed by atoms with Gasteiger partial charge in [-0.2, -0.15) is 0 Å². The number of quaternary nitrogens is 1. The van der Waals surface area contributed by atoms with Crippen molar-refractivity contribution >= 4 is 17.5 Å². The van der Waals surface area contributed by atoms with Crippen LogP contribution in [0.3, 0.4) is 0 Å². The van der Waals surface area contributed by atoms with Gasteiger partial charge < -0.3 is 17.7 Å². The van der Waals surface area contributed by atoms with Crippen LogP contribution in [0.5, 0.6) is 0 Å². The molecule has 5 nitrogen and oxygen atoms in total. The second-order valence-corrected chi connectivity index (χ2v) is 12.2. The van der Waals surface area contributed by atoms with Crippen LogP contribution < -0.4 is 22.2 Å². The highest BCUT2D eigenvalue weighted by molar-refractivity contribution is 5.78. The largest absolute Gasteiger partial charge is 1.00 e. The number of benzene rings is 1. The maximum atomic E-state index is 12.4. The zero-order valence-corrected chi connectivity index (χ0v) is 26.9. The average Bonchev–Trinajstić information content (AvgIpc) is 3.32. The number of nitrogens with zero attached hydrogens (tertiary/aromatic N) is 2. The molecule has 230 valence electrons. The Labute approximate surface area is 252 Å². The fourth-order valence-corrected chi connectivity index (χ4v) is 6.07. The summed E-state index contributed by atoms with van der Waals surface area (Å²) < 4.78 is 0.702. The summed E-state index contributed by atoms with van der Waals surface area (Å²) in [5, 5.41) is 3.14. The minimum absolute atomic E-state index is 0. The Hall–Kier alpha value is -1.59. The van der Waals surface area contributed by atoms with Crippen molar-refractivity contribution in [2.45, 2.75) is 136 Å². The Bertz CT molecular complexity index is 818. The predicted octanol–water partition coefficient (Wildman–Crippen LogP) is 5.28. The van der Waals surface area contributed by atoms with Gasteiger partial charge in [0.05, 0.1) is 13.6 Å². The van der Waals surface area contributed by atoms with Gasteiger partial charge >= 0.3 is 0 Å². The molecule has 0 radical (unpaired) electrons. The third-order valence-corrected chi connectivity index (χ3v) is 8.51. The molecular formula is C34H60ClN3O2. The highest BCUT2D eigenvalue weighted by atomic mass is 35.5. The SMILES string of the molecule is CCCCCCCCCCCCCCCCCC(=O)NCCC[N+](C)(CN1CCCC1=O)c1ccccc1C.[Cl-]. The lowest BCUT2D eigenvalue weighted by molar-refractivity contribution is -0.129. The van der Waals surface area contributed by atoms with E-state index >= 15 is 0 Å². The Morgan fingerprint density at radius 3 is 1.93 bits per heavy atom. The van der Waals surface area contributed by atoms with Crippen molar-refractivity contribution in [3.8, 4) is 0 Å². The number of rotatable bonds is 23. The highest BCUT2D eigenvalue weighted by Crippen LogP contribution is 2.27. The molecule has 0 spiro atoms. The van der Waals surface area contributed by atoms with Gasteiger partial charge in [0.15, 0.2) is 6.67 Å². The standard InChI is InChI=1S/C34H59N3O2.ClH/c1-4-5-6-7-8-9-10-11-12-13-14-15-16-17-18-25-33(38)35-27-22-29-37(3,30-36-28-21-26-34(36)39)32-24-20-19-23-31(32)2;/h19-20,23-24H,4-18,21-22,25-30H2,1-3H3;1H. The van der Waals surface area contributed by atoms with Gasteiger partial charge in [-0.3, -0.25) is 19.0 Å². The molecule has 6 heteroatoms. The molecule has 0 aliphatic carbocycles. The minimum Gasteiger partial charge on any atom is -1.00 e. The van der Waals surface area contributed by atoms with Crippen LogP contribution in [0.25, 0.3) is 0 Å². The molecule has 1 N–H and O–H groups in total.